The molecule has 0 fully saturated rings. The minimum atomic E-state index is -0.892. The van der Waals surface area contributed by atoms with Crippen LogP contribution in [-0.2, 0) is 0 Å². The van der Waals surface area contributed by atoms with Gasteiger partial charge in [0.2, 0.25) is 0 Å². The molecule has 1 unspecified atom stereocenters. The molecule has 0 amide bonds. The van der Waals surface area contributed by atoms with E-state index in [0.29, 0.717) is 0 Å². The predicted octanol–water partition coefficient (Wildman–Crippen LogP) is 0.700. The second-order valence-corrected chi connectivity index (χ2v) is 3.51. The van der Waals surface area contributed by atoms with Crippen molar-refractivity contribution in [3.63, 3.8) is 0 Å². The number of rotatable bonds is 0. The van der Waals surface area contributed by atoms with Gasteiger partial charge in [-0.25, -0.2) is 0 Å². The lowest BCUT2D eigenvalue weighted by Gasteiger charge is -2.32. The van der Waals surface area contributed by atoms with Crippen LogP contribution >= 0.6 is 0 Å². The Kier molecular flexibility index (Phi) is 1.30. The van der Waals surface area contributed by atoms with E-state index in [1.807, 2.05) is 20.8 Å². The van der Waals surface area contributed by atoms with Crippen molar-refractivity contribution in [1.82, 2.24) is 5.43 Å². The van der Waals surface area contributed by atoms with Gasteiger partial charge in [0, 0.05) is 5.71 Å². The van der Waals surface area contributed by atoms with Gasteiger partial charge in [0.05, 0.1) is 5.41 Å². The van der Waals surface area contributed by atoms with E-state index >= 15 is 0 Å². The monoisotopic (exact) mass is 142 g/mol. The summed E-state index contributed by atoms with van der Waals surface area (Å²) in [5.41, 5.74) is 2.47. The van der Waals surface area contributed by atoms with E-state index in [1.165, 1.54) is 0 Å². The zero-order chi connectivity index (χ0) is 7.99. The summed E-state index contributed by atoms with van der Waals surface area (Å²) < 4.78 is 0. The van der Waals surface area contributed by atoms with Crippen molar-refractivity contribution >= 4 is 5.71 Å². The predicted molar refractivity (Wildman–Crippen MR) is 40.6 cm³/mol. The standard InChI is InChI=1S/C7H14N2O/c1-5-6(2,3)7(4,10)9-8-5/h9-10H,1-4H3. The van der Waals surface area contributed by atoms with Gasteiger partial charge in [-0.05, 0) is 27.7 Å². The smallest absolute Gasteiger partial charge is 0.158 e. The number of hydrazone groups is 1. The van der Waals surface area contributed by atoms with E-state index in [4.69, 9.17) is 0 Å². The summed E-state index contributed by atoms with van der Waals surface area (Å²) in [6.45, 7) is 7.57. The van der Waals surface area contributed by atoms with Crippen molar-refractivity contribution in [1.29, 1.82) is 0 Å². The van der Waals surface area contributed by atoms with Gasteiger partial charge >= 0.3 is 0 Å². The van der Waals surface area contributed by atoms with Crippen molar-refractivity contribution in [2.24, 2.45) is 10.5 Å². The molecule has 1 aliphatic rings. The highest BCUT2D eigenvalue weighted by atomic mass is 16.3. The van der Waals surface area contributed by atoms with Crippen LogP contribution in [-0.4, -0.2) is 16.5 Å². The highest BCUT2D eigenvalue weighted by Crippen LogP contribution is 2.33. The Balaban J connectivity index is 2.96. The summed E-state index contributed by atoms with van der Waals surface area (Å²) >= 11 is 0. The summed E-state index contributed by atoms with van der Waals surface area (Å²) in [5, 5.41) is 13.6. The maximum Gasteiger partial charge on any atom is 0.158 e. The Morgan fingerprint density at radius 2 is 1.90 bits per heavy atom. The summed E-state index contributed by atoms with van der Waals surface area (Å²) in [6, 6.07) is 0. The lowest BCUT2D eigenvalue weighted by Crippen LogP contribution is -2.48. The highest BCUT2D eigenvalue weighted by molar-refractivity contribution is 5.89. The van der Waals surface area contributed by atoms with Crippen molar-refractivity contribution < 1.29 is 5.11 Å². The molecule has 0 saturated heterocycles. The van der Waals surface area contributed by atoms with Crippen LogP contribution in [0.15, 0.2) is 5.10 Å². The van der Waals surface area contributed by atoms with Crippen LogP contribution in [0.4, 0.5) is 0 Å². The van der Waals surface area contributed by atoms with E-state index in [9.17, 15) is 5.11 Å². The fourth-order valence-electron chi connectivity index (χ4n) is 0.824. The number of nitrogens with one attached hydrogen (secondary N) is 1. The molecule has 1 rings (SSSR count). The molecule has 0 aromatic carbocycles. The average Bonchev–Trinajstić information content (AvgIpc) is 1.94. The molecule has 0 saturated carbocycles. The molecule has 3 heteroatoms. The van der Waals surface area contributed by atoms with Gasteiger partial charge in [0.1, 0.15) is 0 Å². The van der Waals surface area contributed by atoms with Gasteiger partial charge in [-0.2, -0.15) is 5.10 Å². The molecule has 0 aliphatic carbocycles. The molecule has 58 valence electrons. The second-order valence-electron chi connectivity index (χ2n) is 3.51. The molecule has 1 heterocycles. The summed E-state index contributed by atoms with van der Waals surface area (Å²) in [5.74, 6) is 0. The van der Waals surface area contributed by atoms with Crippen LogP contribution in [0.5, 0.6) is 0 Å². The van der Waals surface area contributed by atoms with Gasteiger partial charge in [-0.15, -0.1) is 0 Å². The SMILES string of the molecule is CC1=NNC(C)(O)C1(C)C. The minimum absolute atomic E-state index is 0.257. The average molecular weight is 142 g/mol. The lowest BCUT2D eigenvalue weighted by molar-refractivity contribution is -0.0316. The molecule has 0 aromatic heterocycles. The van der Waals surface area contributed by atoms with Gasteiger partial charge in [-0.3, -0.25) is 5.43 Å². The van der Waals surface area contributed by atoms with Gasteiger partial charge in [-0.1, -0.05) is 0 Å². The Morgan fingerprint density at radius 3 is 2.00 bits per heavy atom. The normalized spacial score (nSPS) is 37.1. The zero-order valence-corrected chi connectivity index (χ0v) is 6.89. The molecule has 2 N–H and O–H groups in total. The summed E-state index contributed by atoms with van der Waals surface area (Å²) in [6.07, 6.45) is 0. The third-order valence-electron chi connectivity index (χ3n) is 2.56. The van der Waals surface area contributed by atoms with E-state index in [2.05, 4.69) is 10.5 Å². The zero-order valence-electron chi connectivity index (χ0n) is 6.89. The van der Waals surface area contributed by atoms with Crippen LogP contribution in [0.3, 0.4) is 0 Å². The van der Waals surface area contributed by atoms with Gasteiger partial charge < -0.3 is 5.11 Å². The molecule has 1 aliphatic heterocycles. The topological polar surface area (TPSA) is 44.6 Å². The quantitative estimate of drug-likeness (QED) is 0.523. The fourth-order valence-corrected chi connectivity index (χ4v) is 0.824. The Labute approximate surface area is 61.1 Å². The summed E-state index contributed by atoms with van der Waals surface area (Å²) in [4.78, 5) is 0. The van der Waals surface area contributed by atoms with Crippen molar-refractivity contribution in [2.45, 2.75) is 33.4 Å². The molecule has 0 spiro atoms. The van der Waals surface area contributed by atoms with Crippen molar-refractivity contribution in [3.05, 3.63) is 0 Å². The molecular formula is C7H14N2O. The van der Waals surface area contributed by atoms with Crippen molar-refractivity contribution in [2.75, 3.05) is 0 Å². The van der Waals surface area contributed by atoms with E-state index < -0.39 is 5.72 Å². The number of hydrogen-bond acceptors (Lipinski definition) is 3. The molecular weight excluding hydrogens is 128 g/mol. The summed E-state index contributed by atoms with van der Waals surface area (Å²) in [7, 11) is 0. The molecule has 10 heavy (non-hydrogen) atoms. The van der Waals surface area contributed by atoms with E-state index in [0.717, 1.165) is 5.71 Å². The maximum atomic E-state index is 9.67. The lowest BCUT2D eigenvalue weighted by atomic mass is 9.80. The van der Waals surface area contributed by atoms with Crippen molar-refractivity contribution in [3.8, 4) is 0 Å². The third-order valence-corrected chi connectivity index (χ3v) is 2.56. The molecule has 1 atom stereocenters. The first-order valence-electron chi connectivity index (χ1n) is 3.42. The Hall–Kier alpha value is -0.570. The number of nitrogens with zero attached hydrogens (tertiary/aromatic N) is 1. The second kappa shape index (κ2) is 1.72. The Bertz CT molecular complexity index is 182. The third kappa shape index (κ3) is 0.736. The van der Waals surface area contributed by atoms with Gasteiger partial charge in [0.15, 0.2) is 5.72 Å². The van der Waals surface area contributed by atoms with Crippen LogP contribution in [0, 0.1) is 5.41 Å². The van der Waals surface area contributed by atoms with Crippen LogP contribution in [0.1, 0.15) is 27.7 Å². The molecule has 0 bridgehead atoms. The first-order valence-corrected chi connectivity index (χ1v) is 3.42. The van der Waals surface area contributed by atoms with Crippen LogP contribution < -0.4 is 5.43 Å². The largest absolute Gasteiger partial charge is 0.369 e. The van der Waals surface area contributed by atoms with Gasteiger partial charge in [0.25, 0.3) is 0 Å². The highest BCUT2D eigenvalue weighted by Gasteiger charge is 2.45. The maximum absolute atomic E-state index is 9.67. The minimum Gasteiger partial charge on any atom is -0.369 e. The Morgan fingerprint density at radius 1 is 1.40 bits per heavy atom. The number of hydrogen-bond donors (Lipinski definition) is 2. The molecule has 3 nitrogen and oxygen atoms in total. The van der Waals surface area contributed by atoms with Crippen LogP contribution in [0.25, 0.3) is 0 Å². The molecule has 0 radical (unpaired) electrons. The number of aliphatic hydroxyl groups is 1. The molecule has 0 aromatic rings. The first kappa shape index (κ1) is 7.54. The van der Waals surface area contributed by atoms with Crippen LogP contribution in [0.2, 0.25) is 0 Å². The van der Waals surface area contributed by atoms with E-state index in [-0.39, 0.29) is 5.41 Å². The first-order chi connectivity index (χ1) is 4.38. The fraction of sp³-hybridized carbons (Fsp3) is 0.857. The van der Waals surface area contributed by atoms with E-state index in [1.54, 1.807) is 6.92 Å².